The fraction of sp³-hybridized carbons (Fsp3) is 0.190. The van der Waals surface area contributed by atoms with E-state index >= 15 is 0 Å². The van der Waals surface area contributed by atoms with Crippen LogP contribution in [0.4, 0.5) is 5.69 Å². The van der Waals surface area contributed by atoms with E-state index in [2.05, 4.69) is 4.72 Å². The van der Waals surface area contributed by atoms with Crippen LogP contribution in [-0.4, -0.2) is 45.5 Å². The Hall–Kier alpha value is -2.75. The predicted octanol–water partition coefficient (Wildman–Crippen LogP) is 4.11. The Morgan fingerprint density at radius 3 is 2.52 bits per heavy atom. The molecule has 4 rings (SSSR count). The molecule has 0 spiro atoms. The highest BCUT2D eigenvalue weighted by Gasteiger charge is 2.24. The smallest absolute Gasteiger partial charge is 0.271 e. The second-order valence-corrected chi connectivity index (χ2v) is 10.5. The van der Waals surface area contributed by atoms with Crippen molar-refractivity contribution in [1.82, 2.24) is 4.90 Å². The fourth-order valence-electron chi connectivity index (χ4n) is 3.09. The molecule has 2 heterocycles. The van der Waals surface area contributed by atoms with Crippen LogP contribution >= 0.6 is 22.9 Å². The molecule has 1 amide bonds. The van der Waals surface area contributed by atoms with Gasteiger partial charge in [-0.05, 0) is 48.5 Å². The Morgan fingerprint density at radius 2 is 1.84 bits per heavy atom. The molecule has 1 N–H and O–H groups in total. The lowest BCUT2D eigenvalue weighted by Gasteiger charge is -2.29. The van der Waals surface area contributed by atoms with Gasteiger partial charge in [-0.25, -0.2) is 8.42 Å². The Bertz CT molecular complexity index is 1190. The quantitative estimate of drug-likeness (QED) is 0.576. The van der Waals surface area contributed by atoms with Crippen molar-refractivity contribution in [3.05, 3.63) is 70.6 Å². The van der Waals surface area contributed by atoms with Crippen LogP contribution in [0.15, 0.2) is 64.9 Å². The molecular weight excluding hydrogens is 460 g/mol. The topological polar surface area (TPSA) is 84.9 Å². The summed E-state index contributed by atoms with van der Waals surface area (Å²) >= 11 is 6.79. The van der Waals surface area contributed by atoms with Crippen molar-refractivity contribution in [3.63, 3.8) is 0 Å². The minimum Gasteiger partial charge on any atom is -0.486 e. The van der Waals surface area contributed by atoms with Crippen LogP contribution in [0.25, 0.3) is 0 Å². The summed E-state index contributed by atoms with van der Waals surface area (Å²) in [7, 11) is -2.04. The van der Waals surface area contributed by atoms with Gasteiger partial charge in [0, 0.05) is 18.3 Å². The van der Waals surface area contributed by atoms with E-state index in [-0.39, 0.29) is 16.2 Å². The molecule has 31 heavy (non-hydrogen) atoms. The number of carbonyl (C=O) groups is 1. The standard InChI is InChI=1S/C21H19ClN2O5S2/c1-24(12-16-13-28-17-4-2-3-5-18(17)29-16)21(25)14-6-8-15(9-7-14)23-31(26,27)20-11-10-19(22)30-20/h2-11,16,23H,12-13H2,1H3/t16-/m1/s1. The maximum absolute atomic E-state index is 12.8. The second-order valence-electron chi connectivity index (χ2n) is 6.92. The number of nitrogens with zero attached hydrogens (tertiary/aromatic N) is 1. The van der Waals surface area contributed by atoms with E-state index in [4.69, 9.17) is 21.1 Å². The summed E-state index contributed by atoms with van der Waals surface area (Å²) in [5, 5.41) is 0. The summed E-state index contributed by atoms with van der Waals surface area (Å²) in [4.78, 5) is 14.3. The number of halogens is 1. The van der Waals surface area contributed by atoms with Crippen molar-refractivity contribution in [3.8, 4) is 11.5 Å². The zero-order valence-corrected chi connectivity index (χ0v) is 18.8. The molecule has 0 fully saturated rings. The highest BCUT2D eigenvalue weighted by Crippen LogP contribution is 2.31. The van der Waals surface area contributed by atoms with Gasteiger partial charge in [0.2, 0.25) is 0 Å². The summed E-state index contributed by atoms with van der Waals surface area (Å²) in [5.41, 5.74) is 0.783. The Kier molecular flexibility index (Phi) is 6.08. The molecule has 1 aliphatic heterocycles. The normalized spacial score (nSPS) is 15.4. The Morgan fingerprint density at radius 1 is 1.13 bits per heavy atom. The first-order chi connectivity index (χ1) is 14.8. The van der Waals surface area contributed by atoms with Gasteiger partial charge in [-0.2, -0.15) is 0 Å². The first-order valence-electron chi connectivity index (χ1n) is 9.34. The zero-order chi connectivity index (χ0) is 22.0. The van der Waals surface area contributed by atoms with E-state index in [1.54, 1.807) is 36.2 Å². The van der Waals surface area contributed by atoms with Gasteiger partial charge in [0.15, 0.2) is 17.6 Å². The number of nitrogens with one attached hydrogen (secondary N) is 1. The molecule has 0 aliphatic carbocycles. The van der Waals surface area contributed by atoms with E-state index in [1.807, 2.05) is 24.3 Å². The van der Waals surface area contributed by atoms with Gasteiger partial charge in [-0.15, -0.1) is 11.3 Å². The molecule has 0 unspecified atom stereocenters. The number of hydrogen-bond donors (Lipinski definition) is 1. The Balaban J connectivity index is 1.38. The SMILES string of the molecule is CN(C[C@@H]1COc2ccccc2O1)C(=O)c1ccc(NS(=O)(=O)c2ccc(Cl)s2)cc1. The minimum atomic E-state index is -3.73. The molecule has 1 atom stereocenters. The molecule has 7 nitrogen and oxygen atoms in total. The first kappa shape index (κ1) is 21.5. The average Bonchev–Trinajstić information content (AvgIpc) is 3.21. The number of likely N-dealkylation sites (N-methyl/N-ethyl adjacent to an activating group) is 1. The molecule has 3 aromatic rings. The predicted molar refractivity (Wildman–Crippen MR) is 120 cm³/mol. The molecule has 2 aromatic carbocycles. The number of amides is 1. The summed E-state index contributed by atoms with van der Waals surface area (Å²) in [6.07, 6.45) is -0.285. The van der Waals surface area contributed by atoms with E-state index in [0.717, 1.165) is 11.3 Å². The van der Waals surface area contributed by atoms with Crippen molar-refractivity contribution < 1.29 is 22.7 Å². The van der Waals surface area contributed by atoms with Crippen LogP contribution < -0.4 is 14.2 Å². The van der Waals surface area contributed by atoms with Crippen LogP contribution in [0, 0.1) is 0 Å². The van der Waals surface area contributed by atoms with Gasteiger partial charge in [0.1, 0.15) is 10.8 Å². The first-order valence-corrected chi connectivity index (χ1v) is 12.0. The number of benzene rings is 2. The second kappa shape index (κ2) is 8.78. The van der Waals surface area contributed by atoms with Crippen LogP contribution in [0.1, 0.15) is 10.4 Å². The maximum Gasteiger partial charge on any atom is 0.271 e. The number of rotatable bonds is 6. The third kappa shape index (κ3) is 4.95. The number of thiophene rings is 1. The average molecular weight is 479 g/mol. The van der Waals surface area contributed by atoms with Crippen molar-refractivity contribution in [2.24, 2.45) is 0 Å². The van der Waals surface area contributed by atoms with Gasteiger partial charge >= 0.3 is 0 Å². The minimum absolute atomic E-state index is 0.119. The number of para-hydroxylation sites is 2. The third-order valence-corrected chi connectivity index (χ3v) is 7.69. The van der Waals surface area contributed by atoms with Crippen molar-refractivity contribution in [1.29, 1.82) is 0 Å². The van der Waals surface area contributed by atoms with Crippen molar-refractivity contribution >= 4 is 44.6 Å². The van der Waals surface area contributed by atoms with Crippen LogP contribution in [0.2, 0.25) is 4.34 Å². The molecule has 10 heteroatoms. The highest BCUT2D eigenvalue weighted by atomic mass is 35.5. The molecule has 0 bridgehead atoms. The number of fused-ring (bicyclic) bond motifs is 1. The lowest BCUT2D eigenvalue weighted by molar-refractivity contribution is 0.0521. The molecule has 0 radical (unpaired) electrons. The van der Waals surface area contributed by atoms with Gasteiger partial charge in [0.05, 0.1) is 10.9 Å². The number of hydrogen-bond acceptors (Lipinski definition) is 6. The molecule has 0 saturated carbocycles. The largest absolute Gasteiger partial charge is 0.486 e. The van der Waals surface area contributed by atoms with Gasteiger partial charge in [-0.3, -0.25) is 9.52 Å². The van der Waals surface area contributed by atoms with Gasteiger partial charge in [0.25, 0.3) is 15.9 Å². The summed E-state index contributed by atoms with van der Waals surface area (Å²) < 4.78 is 39.4. The number of sulfonamides is 1. The maximum atomic E-state index is 12.8. The van der Waals surface area contributed by atoms with Crippen molar-refractivity contribution in [2.75, 3.05) is 24.9 Å². The van der Waals surface area contributed by atoms with Crippen LogP contribution in [0.3, 0.4) is 0 Å². The highest BCUT2D eigenvalue weighted by molar-refractivity contribution is 7.94. The van der Waals surface area contributed by atoms with Crippen LogP contribution in [0.5, 0.6) is 11.5 Å². The molecule has 0 saturated heterocycles. The summed E-state index contributed by atoms with van der Waals surface area (Å²) in [5.74, 6) is 1.14. The monoisotopic (exact) mass is 478 g/mol. The number of carbonyl (C=O) groups excluding carboxylic acids is 1. The lowest BCUT2D eigenvalue weighted by Crippen LogP contribution is -2.41. The van der Waals surface area contributed by atoms with E-state index in [1.165, 1.54) is 12.1 Å². The lowest BCUT2D eigenvalue weighted by atomic mass is 10.2. The van der Waals surface area contributed by atoms with Gasteiger partial charge < -0.3 is 14.4 Å². The van der Waals surface area contributed by atoms with E-state index in [9.17, 15) is 13.2 Å². The number of anilines is 1. The van der Waals surface area contributed by atoms with Crippen LogP contribution in [-0.2, 0) is 10.0 Å². The summed E-state index contributed by atoms with van der Waals surface area (Å²) in [6, 6.07) is 16.6. The molecule has 162 valence electrons. The van der Waals surface area contributed by atoms with E-state index < -0.39 is 10.0 Å². The van der Waals surface area contributed by atoms with Crippen molar-refractivity contribution in [2.45, 2.75) is 10.3 Å². The third-order valence-electron chi connectivity index (χ3n) is 4.59. The fourth-order valence-corrected chi connectivity index (χ4v) is 5.63. The molecule has 1 aliphatic rings. The van der Waals surface area contributed by atoms with E-state index in [0.29, 0.717) is 40.2 Å². The number of ether oxygens (including phenoxy) is 2. The van der Waals surface area contributed by atoms with Gasteiger partial charge in [-0.1, -0.05) is 23.7 Å². The molecular formula is C21H19ClN2O5S2. The molecule has 1 aromatic heterocycles. The Labute approximate surface area is 189 Å². The zero-order valence-electron chi connectivity index (χ0n) is 16.4. The summed E-state index contributed by atoms with van der Waals surface area (Å²) in [6.45, 7) is 0.697.